The largest absolute Gasteiger partial charge is 0.352 e. The van der Waals surface area contributed by atoms with Crippen LogP contribution in [0, 0.1) is 12.7 Å². The molecule has 1 amide bonds. The van der Waals surface area contributed by atoms with Gasteiger partial charge in [-0.3, -0.25) is 4.79 Å². The van der Waals surface area contributed by atoms with Crippen molar-refractivity contribution >= 4 is 5.91 Å². The van der Waals surface area contributed by atoms with Crippen LogP contribution in [0.1, 0.15) is 16.7 Å². The topological polar surface area (TPSA) is 29.1 Å². The first-order valence-electron chi connectivity index (χ1n) is 6.21. The van der Waals surface area contributed by atoms with Gasteiger partial charge in [0.05, 0.1) is 6.42 Å². The molecule has 0 aliphatic heterocycles. The van der Waals surface area contributed by atoms with E-state index in [1.165, 1.54) is 6.07 Å². The molecule has 0 saturated carbocycles. The Balaban J connectivity index is 1.88. The summed E-state index contributed by atoms with van der Waals surface area (Å²) >= 11 is 0. The molecule has 0 aliphatic carbocycles. The van der Waals surface area contributed by atoms with Crippen LogP contribution in [-0.4, -0.2) is 5.91 Å². The number of carbonyl (C=O) groups is 1. The molecule has 0 aliphatic rings. The minimum Gasteiger partial charge on any atom is -0.352 e. The molecule has 2 rings (SSSR count). The first kappa shape index (κ1) is 13.3. The van der Waals surface area contributed by atoms with Crippen molar-refractivity contribution in [1.29, 1.82) is 0 Å². The van der Waals surface area contributed by atoms with Gasteiger partial charge in [0.2, 0.25) is 5.91 Å². The van der Waals surface area contributed by atoms with E-state index in [1.54, 1.807) is 18.2 Å². The average molecular weight is 257 g/mol. The highest BCUT2D eigenvalue weighted by Crippen LogP contribution is 2.07. The number of rotatable bonds is 4. The summed E-state index contributed by atoms with van der Waals surface area (Å²) in [6, 6.07) is 14.2. The van der Waals surface area contributed by atoms with Crippen molar-refractivity contribution < 1.29 is 9.18 Å². The second-order valence-corrected chi connectivity index (χ2v) is 4.53. The molecule has 2 nitrogen and oxygen atoms in total. The van der Waals surface area contributed by atoms with Gasteiger partial charge in [0, 0.05) is 12.1 Å². The molecule has 0 heterocycles. The van der Waals surface area contributed by atoms with Gasteiger partial charge in [-0.2, -0.15) is 0 Å². The molecule has 0 spiro atoms. The summed E-state index contributed by atoms with van der Waals surface area (Å²) < 4.78 is 13.4. The zero-order valence-corrected chi connectivity index (χ0v) is 10.8. The third kappa shape index (κ3) is 3.91. The minimum absolute atomic E-state index is 0.105. The van der Waals surface area contributed by atoms with Crippen molar-refractivity contribution in [3.63, 3.8) is 0 Å². The summed E-state index contributed by atoms with van der Waals surface area (Å²) in [4.78, 5) is 11.7. The molecule has 0 fully saturated rings. The van der Waals surface area contributed by atoms with Gasteiger partial charge in [0.1, 0.15) is 5.82 Å². The quantitative estimate of drug-likeness (QED) is 0.896. The van der Waals surface area contributed by atoms with E-state index in [0.717, 1.165) is 11.1 Å². The van der Waals surface area contributed by atoms with Gasteiger partial charge in [0.15, 0.2) is 0 Å². The van der Waals surface area contributed by atoms with Crippen LogP contribution in [-0.2, 0) is 17.8 Å². The molecule has 1 N–H and O–H groups in total. The molecule has 2 aromatic rings. The standard InChI is InChI=1S/C16H16FNO/c1-12-6-8-13(9-7-12)10-16(19)18-11-14-4-2-3-5-15(14)17/h2-9H,10-11H2,1H3,(H,18,19). The number of amides is 1. The lowest BCUT2D eigenvalue weighted by molar-refractivity contribution is -0.120. The van der Waals surface area contributed by atoms with Crippen LogP contribution in [0.5, 0.6) is 0 Å². The third-order valence-corrected chi connectivity index (χ3v) is 2.92. The molecule has 0 radical (unpaired) electrons. The number of hydrogen-bond acceptors (Lipinski definition) is 1. The highest BCUT2D eigenvalue weighted by Gasteiger charge is 2.05. The van der Waals surface area contributed by atoms with Gasteiger partial charge in [-0.05, 0) is 18.6 Å². The SMILES string of the molecule is Cc1ccc(CC(=O)NCc2ccccc2F)cc1. The van der Waals surface area contributed by atoms with Crippen LogP contribution < -0.4 is 5.32 Å². The lowest BCUT2D eigenvalue weighted by Gasteiger charge is -2.06. The fraction of sp³-hybridized carbons (Fsp3) is 0.188. The van der Waals surface area contributed by atoms with Crippen LogP contribution in [0.15, 0.2) is 48.5 Å². The minimum atomic E-state index is -0.293. The average Bonchev–Trinajstić information content (AvgIpc) is 2.40. The Bertz CT molecular complexity index is 563. The lowest BCUT2D eigenvalue weighted by Crippen LogP contribution is -2.24. The number of carbonyl (C=O) groups excluding carboxylic acids is 1. The van der Waals surface area contributed by atoms with E-state index in [1.807, 2.05) is 31.2 Å². The van der Waals surface area contributed by atoms with Crippen molar-refractivity contribution in [2.75, 3.05) is 0 Å². The summed E-state index contributed by atoms with van der Waals surface area (Å²) in [5, 5.41) is 2.72. The molecular formula is C16H16FNO. The summed E-state index contributed by atoms with van der Waals surface area (Å²) in [5.74, 6) is -0.398. The number of halogens is 1. The summed E-state index contributed by atoms with van der Waals surface area (Å²) in [7, 11) is 0. The van der Waals surface area contributed by atoms with E-state index in [-0.39, 0.29) is 18.3 Å². The second-order valence-electron chi connectivity index (χ2n) is 4.53. The van der Waals surface area contributed by atoms with Crippen LogP contribution >= 0.6 is 0 Å². The van der Waals surface area contributed by atoms with E-state index in [0.29, 0.717) is 12.0 Å². The number of benzene rings is 2. The molecule has 2 aromatic carbocycles. The zero-order chi connectivity index (χ0) is 13.7. The molecule has 19 heavy (non-hydrogen) atoms. The zero-order valence-electron chi connectivity index (χ0n) is 10.8. The van der Waals surface area contributed by atoms with Gasteiger partial charge in [-0.15, -0.1) is 0 Å². The van der Waals surface area contributed by atoms with Gasteiger partial charge in [0.25, 0.3) is 0 Å². The fourth-order valence-electron chi connectivity index (χ4n) is 1.79. The maximum atomic E-state index is 13.4. The van der Waals surface area contributed by atoms with Crippen LogP contribution in [0.2, 0.25) is 0 Å². The van der Waals surface area contributed by atoms with Gasteiger partial charge in [-0.1, -0.05) is 48.0 Å². The van der Waals surface area contributed by atoms with Crippen LogP contribution in [0.25, 0.3) is 0 Å². The van der Waals surface area contributed by atoms with Gasteiger partial charge >= 0.3 is 0 Å². The Morgan fingerprint density at radius 1 is 1.11 bits per heavy atom. The molecule has 0 bridgehead atoms. The van der Waals surface area contributed by atoms with Crippen molar-refractivity contribution in [3.05, 3.63) is 71.0 Å². The summed E-state index contributed by atoms with van der Waals surface area (Å²) in [5.41, 5.74) is 2.62. The highest BCUT2D eigenvalue weighted by molar-refractivity contribution is 5.78. The number of hydrogen-bond donors (Lipinski definition) is 1. The van der Waals surface area contributed by atoms with Gasteiger partial charge < -0.3 is 5.32 Å². The number of nitrogens with one attached hydrogen (secondary N) is 1. The van der Waals surface area contributed by atoms with Gasteiger partial charge in [-0.25, -0.2) is 4.39 Å². The predicted octanol–water partition coefficient (Wildman–Crippen LogP) is 2.99. The first-order chi connectivity index (χ1) is 9.15. The third-order valence-electron chi connectivity index (χ3n) is 2.92. The highest BCUT2D eigenvalue weighted by atomic mass is 19.1. The van der Waals surface area contributed by atoms with E-state index in [9.17, 15) is 9.18 Å². The van der Waals surface area contributed by atoms with E-state index >= 15 is 0 Å². The molecule has 3 heteroatoms. The lowest BCUT2D eigenvalue weighted by atomic mass is 10.1. The Labute approximate surface area is 112 Å². The fourth-order valence-corrected chi connectivity index (χ4v) is 1.79. The normalized spacial score (nSPS) is 10.2. The summed E-state index contributed by atoms with van der Waals surface area (Å²) in [6.07, 6.45) is 0.314. The molecule has 0 saturated heterocycles. The van der Waals surface area contributed by atoms with Crippen LogP contribution in [0.3, 0.4) is 0 Å². The monoisotopic (exact) mass is 257 g/mol. The molecule has 0 aromatic heterocycles. The molecular weight excluding hydrogens is 241 g/mol. The summed E-state index contributed by atoms with van der Waals surface area (Å²) in [6.45, 7) is 2.22. The van der Waals surface area contributed by atoms with Crippen molar-refractivity contribution in [2.45, 2.75) is 19.9 Å². The first-order valence-corrected chi connectivity index (χ1v) is 6.21. The smallest absolute Gasteiger partial charge is 0.224 e. The molecule has 0 atom stereocenters. The van der Waals surface area contributed by atoms with E-state index in [4.69, 9.17) is 0 Å². The Morgan fingerprint density at radius 3 is 2.47 bits per heavy atom. The van der Waals surface area contributed by atoms with Crippen LogP contribution in [0.4, 0.5) is 4.39 Å². The Morgan fingerprint density at radius 2 is 1.79 bits per heavy atom. The Kier molecular flexibility index (Phi) is 4.29. The van der Waals surface area contributed by atoms with Crippen molar-refractivity contribution in [1.82, 2.24) is 5.32 Å². The van der Waals surface area contributed by atoms with E-state index in [2.05, 4.69) is 5.32 Å². The number of aryl methyl sites for hydroxylation is 1. The predicted molar refractivity (Wildman–Crippen MR) is 73.1 cm³/mol. The Hall–Kier alpha value is -2.16. The molecule has 98 valence electrons. The van der Waals surface area contributed by atoms with E-state index < -0.39 is 0 Å². The maximum Gasteiger partial charge on any atom is 0.224 e. The van der Waals surface area contributed by atoms with Crippen molar-refractivity contribution in [3.8, 4) is 0 Å². The maximum absolute atomic E-state index is 13.4. The van der Waals surface area contributed by atoms with Crippen molar-refractivity contribution in [2.24, 2.45) is 0 Å². The molecule has 0 unspecified atom stereocenters. The second kappa shape index (κ2) is 6.14.